The van der Waals surface area contributed by atoms with Crippen LogP contribution in [0.25, 0.3) is 0 Å². The standard InChI is InChI=1S/C10H20N2O/c1-10(3-2-4-10)12-8-9-7-11-5-6-13-9/h9,11-12H,2-8H2,1H3. The Kier molecular flexibility index (Phi) is 2.86. The average molecular weight is 184 g/mol. The number of hydrogen-bond acceptors (Lipinski definition) is 3. The fourth-order valence-corrected chi connectivity index (χ4v) is 1.99. The molecule has 2 N–H and O–H groups in total. The molecule has 76 valence electrons. The highest BCUT2D eigenvalue weighted by molar-refractivity contribution is 4.92. The summed E-state index contributed by atoms with van der Waals surface area (Å²) in [5.41, 5.74) is 0.417. The molecule has 1 saturated carbocycles. The Morgan fingerprint density at radius 2 is 2.38 bits per heavy atom. The second-order valence-corrected chi connectivity index (χ2v) is 4.49. The third kappa shape index (κ3) is 2.42. The van der Waals surface area contributed by atoms with Crippen LogP contribution in [0.4, 0.5) is 0 Å². The summed E-state index contributed by atoms with van der Waals surface area (Å²) in [5.74, 6) is 0. The normalized spacial score (nSPS) is 32.5. The van der Waals surface area contributed by atoms with Crippen LogP contribution >= 0.6 is 0 Å². The van der Waals surface area contributed by atoms with Crippen LogP contribution in [-0.4, -0.2) is 37.9 Å². The third-order valence-corrected chi connectivity index (χ3v) is 3.22. The van der Waals surface area contributed by atoms with Crippen LogP contribution in [0.2, 0.25) is 0 Å². The van der Waals surface area contributed by atoms with Gasteiger partial charge in [-0.2, -0.15) is 0 Å². The van der Waals surface area contributed by atoms with E-state index < -0.39 is 0 Å². The fraction of sp³-hybridized carbons (Fsp3) is 1.00. The van der Waals surface area contributed by atoms with Gasteiger partial charge >= 0.3 is 0 Å². The number of ether oxygens (including phenoxy) is 1. The molecule has 0 bridgehead atoms. The summed E-state index contributed by atoms with van der Waals surface area (Å²) < 4.78 is 5.62. The van der Waals surface area contributed by atoms with Gasteiger partial charge in [0.2, 0.25) is 0 Å². The van der Waals surface area contributed by atoms with Crippen LogP contribution in [0.5, 0.6) is 0 Å². The summed E-state index contributed by atoms with van der Waals surface area (Å²) in [6.07, 6.45) is 4.42. The van der Waals surface area contributed by atoms with E-state index in [1.807, 2.05) is 0 Å². The maximum Gasteiger partial charge on any atom is 0.0824 e. The van der Waals surface area contributed by atoms with E-state index in [1.165, 1.54) is 19.3 Å². The number of hydrogen-bond donors (Lipinski definition) is 2. The molecule has 1 aliphatic heterocycles. The summed E-state index contributed by atoms with van der Waals surface area (Å²) in [6.45, 7) is 6.19. The molecule has 3 heteroatoms. The fourth-order valence-electron chi connectivity index (χ4n) is 1.99. The minimum Gasteiger partial charge on any atom is -0.374 e. The lowest BCUT2D eigenvalue weighted by Gasteiger charge is -2.40. The Labute approximate surface area is 80.2 Å². The highest BCUT2D eigenvalue weighted by Crippen LogP contribution is 2.30. The average Bonchev–Trinajstić information content (AvgIpc) is 2.13. The Balaban J connectivity index is 1.66. The maximum absolute atomic E-state index is 5.62. The van der Waals surface area contributed by atoms with Crippen molar-refractivity contribution in [2.24, 2.45) is 0 Å². The molecule has 1 unspecified atom stereocenters. The van der Waals surface area contributed by atoms with Gasteiger partial charge in [0, 0.05) is 25.2 Å². The predicted octanol–water partition coefficient (Wildman–Crippen LogP) is 0.507. The molecule has 0 aromatic rings. The van der Waals surface area contributed by atoms with Crippen molar-refractivity contribution in [1.29, 1.82) is 0 Å². The van der Waals surface area contributed by atoms with Crippen molar-refractivity contribution in [3.63, 3.8) is 0 Å². The summed E-state index contributed by atoms with van der Waals surface area (Å²) in [5, 5.41) is 6.94. The Morgan fingerprint density at radius 3 is 2.92 bits per heavy atom. The van der Waals surface area contributed by atoms with Crippen molar-refractivity contribution in [3.8, 4) is 0 Å². The van der Waals surface area contributed by atoms with Gasteiger partial charge in [0.05, 0.1) is 12.7 Å². The van der Waals surface area contributed by atoms with E-state index in [9.17, 15) is 0 Å². The lowest BCUT2D eigenvalue weighted by atomic mass is 9.78. The topological polar surface area (TPSA) is 33.3 Å². The van der Waals surface area contributed by atoms with E-state index in [1.54, 1.807) is 0 Å². The van der Waals surface area contributed by atoms with Crippen molar-refractivity contribution >= 4 is 0 Å². The van der Waals surface area contributed by atoms with Crippen LogP contribution in [0.15, 0.2) is 0 Å². The van der Waals surface area contributed by atoms with Crippen molar-refractivity contribution < 1.29 is 4.74 Å². The molecule has 0 spiro atoms. The molecule has 3 nitrogen and oxygen atoms in total. The summed E-state index contributed by atoms with van der Waals surface area (Å²) >= 11 is 0. The molecule has 13 heavy (non-hydrogen) atoms. The van der Waals surface area contributed by atoms with Gasteiger partial charge in [-0.05, 0) is 26.2 Å². The molecule has 1 aliphatic carbocycles. The van der Waals surface area contributed by atoms with Crippen molar-refractivity contribution in [1.82, 2.24) is 10.6 Å². The zero-order chi connectivity index (χ0) is 9.15. The maximum atomic E-state index is 5.62. The van der Waals surface area contributed by atoms with Crippen LogP contribution in [0, 0.1) is 0 Å². The quantitative estimate of drug-likeness (QED) is 0.670. The van der Waals surface area contributed by atoms with E-state index in [0.717, 1.165) is 26.2 Å². The third-order valence-electron chi connectivity index (χ3n) is 3.22. The molecule has 1 saturated heterocycles. The molecule has 1 atom stereocenters. The molecular formula is C10H20N2O. The minimum absolute atomic E-state index is 0.381. The van der Waals surface area contributed by atoms with Crippen LogP contribution in [0.3, 0.4) is 0 Å². The van der Waals surface area contributed by atoms with Crippen LogP contribution in [0.1, 0.15) is 26.2 Å². The SMILES string of the molecule is CC1(NCC2CNCCO2)CCC1. The lowest BCUT2D eigenvalue weighted by molar-refractivity contribution is 0.0202. The first-order valence-corrected chi connectivity index (χ1v) is 5.36. The second-order valence-electron chi connectivity index (χ2n) is 4.49. The number of nitrogens with one attached hydrogen (secondary N) is 2. The largest absolute Gasteiger partial charge is 0.374 e. The van der Waals surface area contributed by atoms with E-state index in [0.29, 0.717) is 11.6 Å². The van der Waals surface area contributed by atoms with Gasteiger partial charge in [-0.1, -0.05) is 0 Å². The van der Waals surface area contributed by atoms with Gasteiger partial charge in [-0.3, -0.25) is 0 Å². The van der Waals surface area contributed by atoms with Gasteiger partial charge in [0.1, 0.15) is 0 Å². The lowest BCUT2D eigenvalue weighted by Crippen LogP contribution is -2.53. The summed E-state index contributed by atoms with van der Waals surface area (Å²) in [4.78, 5) is 0. The first-order valence-electron chi connectivity index (χ1n) is 5.36. The molecule has 2 fully saturated rings. The molecule has 0 radical (unpaired) electrons. The zero-order valence-electron chi connectivity index (χ0n) is 8.44. The summed E-state index contributed by atoms with van der Waals surface area (Å²) in [6, 6.07) is 0. The van der Waals surface area contributed by atoms with E-state index in [2.05, 4.69) is 17.6 Å². The second kappa shape index (κ2) is 3.95. The van der Waals surface area contributed by atoms with Crippen LogP contribution in [-0.2, 0) is 4.74 Å². The van der Waals surface area contributed by atoms with E-state index in [4.69, 9.17) is 4.74 Å². The molecule has 2 rings (SSSR count). The highest BCUT2D eigenvalue weighted by atomic mass is 16.5. The Hall–Kier alpha value is -0.120. The number of morpholine rings is 1. The van der Waals surface area contributed by atoms with E-state index >= 15 is 0 Å². The van der Waals surface area contributed by atoms with Crippen molar-refractivity contribution in [3.05, 3.63) is 0 Å². The monoisotopic (exact) mass is 184 g/mol. The van der Waals surface area contributed by atoms with Crippen molar-refractivity contribution in [2.45, 2.75) is 37.8 Å². The van der Waals surface area contributed by atoms with Gasteiger partial charge in [0.15, 0.2) is 0 Å². The molecule has 0 aromatic carbocycles. The van der Waals surface area contributed by atoms with Gasteiger partial charge in [0.25, 0.3) is 0 Å². The Bertz CT molecular complexity index is 162. The van der Waals surface area contributed by atoms with Gasteiger partial charge in [-0.25, -0.2) is 0 Å². The molecule has 1 heterocycles. The minimum atomic E-state index is 0.381. The molecular weight excluding hydrogens is 164 g/mol. The Morgan fingerprint density at radius 1 is 1.54 bits per heavy atom. The summed E-state index contributed by atoms with van der Waals surface area (Å²) in [7, 11) is 0. The molecule has 2 aliphatic rings. The first kappa shape index (κ1) is 9.44. The van der Waals surface area contributed by atoms with Gasteiger partial charge < -0.3 is 15.4 Å². The van der Waals surface area contributed by atoms with Crippen LogP contribution < -0.4 is 10.6 Å². The highest BCUT2D eigenvalue weighted by Gasteiger charge is 2.31. The van der Waals surface area contributed by atoms with E-state index in [-0.39, 0.29) is 0 Å². The first-order chi connectivity index (χ1) is 6.29. The molecule has 0 aromatic heterocycles. The predicted molar refractivity (Wildman–Crippen MR) is 52.9 cm³/mol. The number of rotatable bonds is 3. The molecule has 0 amide bonds. The van der Waals surface area contributed by atoms with Gasteiger partial charge in [-0.15, -0.1) is 0 Å². The zero-order valence-corrected chi connectivity index (χ0v) is 8.44. The van der Waals surface area contributed by atoms with Crippen molar-refractivity contribution in [2.75, 3.05) is 26.2 Å². The smallest absolute Gasteiger partial charge is 0.0824 e.